The summed E-state index contributed by atoms with van der Waals surface area (Å²) in [6.07, 6.45) is 0. The second kappa shape index (κ2) is 7.41. The van der Waals surface area contributed by atoms with Crippen LogP contribution in [0.5, 0.6) is 0 Å². The van der Waals surface area contributed by atoms with E-state index < -0.39 is 23.8 Å². The van der Waals surface area contributed by atoms with Gasteiger partial charge >= 0.3 is 11.9 Å². The van der Waals surface area contributed by atoms with E-state index in [9.17, 15) is 29.4 Å². The van der Waals surface area contributed by atoms with Gasteiger partial charge in [0.25, 0.3) is 11.8 Å². The molecular formula is C26H18N2O6. The summed E-state index contributed by atoms with van der Waals surface area (Å²) in [5.41, 5.74) is -0.0596. The number of carboxylic acid groups (broad SMARTS) is 2. The fraction of sp³-hybridized carbons (Fsp3) is 0.0769. The van der Waals surface area contributed by atoms with E-state index in [1.165, 1.54) is 26.2 Å². The fourth-order valence-corrected chi connectivity index (χ4v) is 4.90. The molecule has 0 unspecified atom stereocenters. The van der Waals surface area contributed by atoms with Gasteiger partial charge in [0.1, 0.15) is 0 Å². The molecule has 0 aliphatic heterocycles. The minimum absolute atomic E-state index is 0.105. The molecular weight excluding hydrogens is 436 g/mol. The molecule has 0 atom stereocenters. The highest BCUT2D eigenvalue weighted by molar-refractivity contribution is 6.38. The quantitative estimate of drug-likeness (QED) is 0.241. The molecule has 34 heavy (non-hydrogen) atoms. The van der Waals surface area contributed by atoms with Crippen LogP contribution in [0.25, 0.3) is 43.1 Å². The Balaban J connectivity index is 2.17. The molecule has 168 valence electrons. The first-order valence-corrected chi connectivity index (χ1v) is 10.4. The van der Waals surface area contributed by atoms with E-state index in [0.29, 0.717) is 32.3 Å². The molecule has 0 heterocycles. The van der Waals surface area contributed by atoms with Gasteiger partial charge in [-0.25, -0.2) is 9.59 Å². The highest BCUT2D eigenvalue weighted by Crippen LogP contribution is 2.44. The number of nitrogens with one attached hydrogen (secondary N) is 2. The van der Waals surface area contributed by atoms with Crippen molar-refractivity contribution in [1.82, 2.24) is 10.6 Å². The number of carboxylic acids is 2. The summed E-state index contributed by atoms with van der Waals surface area (Å²) in [6, 6.07) is 13.2. The molecule has 0 saturated heterocycles. The maximum atomic E-state index is 12.9. The lowest BCUT2D eigenvalue weighted by atomic mass is 9.83. The molecule has 0 spiro atoms. The molecule has 0 saturated carbocycles. The molecule has 0 radical (unpaired) electrons. The van der Waals surface area contributed by atoms with Crippen LogP contribution in [-0.2, 0) is 0 Å². The number of hydrogen-bond acceptors (Lipinski definition) is 4. The van der Waals surface area contributed by atoms with Crippen LogP contribution in [0, 0.1) is 0 Å². The molecule has 0 aliphatic carbocycles. The van der Waals surface area contributed by atoms with Gasteiger partial charge in [0.15, 0.2) is 0 Å². The number of carbonyl (C=O) groups is 4. The normalized spacial score (nSPS) is 11.4. The number of aromatic carboxylic acids is 2. The Morgan fingerprint density at radius 3 is 1.76 bits per heavy atom. The molecule has 0 bridgehead atoms. The second-order valence-corrected chi connectivity index (χ2v) is 7.91. The van der Waals surface area contributed by atoms with E-state index in [1.54, 1.807) is 36.4 Å². The van der Waals surface area contributed by atoms with Crippen molar-refractivity contribution in [1.29, 1.82) is 0 Å². The highest BCUT2D eigenvalue weighted by atomic mass is 16.4. The predicted molar refractivity (Wildman–Crippen MR) is 128 cm³/mol. The van der Waals surface area contributed by atoms with Gasteiger partial charge in [-0.05, 0) is 55.9 Å². The van der Waals surface area contributed by atoms with Crippen molar-refractivity contribution in [2.45, 2.75) is 0 Å². The third kappa shape index (κ3) is 2.72. The lowest BCUT2D eigenvalue weighted by molar-refractivity contribution is 0.0685. The molecule has 2 amide bonds. The van der Waals surface area contributed by atoms with Crippen molar-refractivity contribution in [3.05, 3.63) is 70.8 Å². The zero-order valence-electron chi connectivity index (χ0n) is 18.1. The van der Waals surface area contributed by atoms with E-state index in [-0.39, 0.29) is 27.6 Å². The van der Waals surface area contributed by atoms with Gasteiger partial charge in [0, 0.05) is 25.0 Å². The smallest absolute Gasteiger partial charge is 0.336 e. The van der Waals surface area contributed by atoms with Crippen LogP contribution in [0.1, 0.15) is 41.4 Å². The van der Waals surface area contributed by atoms with Crippen LogP contribution in [0.3, 0.4) is 0 Å². The Labute approximate surface area is 192 Å². The zero-order valence-corrected chi connectivity index (χ0v) is 18.1. The van der Waals surface area contributed by atoms with Gasteiger partial charge in [0.2, 0.25) is 0 Å². The van der Waals surface area contributed by atoms with Crippen LogP contribution in [0.4, 0.5) is 0 Å². The minimum Gasteiger partial charge on any atom is -0.478 e. The lowest BCUT2D eigenvalue weighted by Crippen LogP contribution is -2.24. The van der Waals surface area contributed by atoms with E-state index in [2.05, 4.69) is 10.6 Å². The topological polar surface area (TPSA) is 133 Å². The van der Waals surface area contributed by atoms with E-state index in [4.69, 9.17) is 0 Å². The third-order valence-corrected chi connectivity index (χ3v) is 6.29. The Hall–Kier alpha value is -4.72. The van der Waals surface area contributed by atoms with Crippen LogP contribution < -0.4 is 10.6 Å². The van der Waals surface area contributed by atoms with Gasteiger partial charge in [-0.1, -0.05) is 30.3 Å². The lowest BCUT2D eigenvalue weighted by Gasteiger charge is -2.20. The number of carbonyl (C=O) groups excluding carboxylic acids is 2. The molecule has 5 aromatic carbocycles. The zero-order chi connectivity index (χ0) is 24.3. The van der Waals surface area contributed by atoms with Crippen LogP contribution in [0.2, 0.25) is 0 Å². The Bertz CT molecular complexity index is 1720. The number of rotatable bonds is 4. The number of fused-ring (bicyclic) bond motifs is 2. The van der Waals surface area contributed by atoms with Crippen molar-refractivity contribution in [3.8, 4) is 0 Å². The minimum atomic E-state index is -1.32. The van der Waals surface area contributed by atoms with E-state index in [1.807, 2.05) is 0 Å². The molecule has 0 aromatic heterocycles. The predicted octanol–water partition coefficient (Wildman–Crippen LogP) is 3.85. The van der Waals surface area contributed by atoms with Gasteiger partial charge in [-0.3, -0.25) is 9.59 Å². The monoisotopic (exact) mass is 454 g/mol. The number of amides is 2. The summed E-state index contributed by atoms with van der Waals surface area (Å²) in [4.78, 5) is 49.9. The summed E-state index contributed by atoms with van der Waals surface area (Å²) in [6.45, 7) is 0. The number of hydrogen-bond donors (Lipinski definition) is 4. The molecule has 0 aliphatic rings. The fourth-order valence-electron chi connectivity index (χ4n) is 4.90. The summed E-state index contributed by atoms with van der Waals surface area (Å²) in [5, 5.41) is 29.3. The average molecular weight is 454 g/mol. The third-order valence-electron chi connectivity index (χ3n) is 6.29. The maximum absolute atomic E-state index is 12.9. The van der Waals surface area contributed by atoms with Crippen LogP contribution >= 0.6 is 0 Å². The van der Waals surface area contributed by atoms with Gasteiger partial charge in [-0.2, -0.15) is 0 Å². The average Bonchev–Trinajstić information content (AvgIpc) is 2.84. The van der Waals surface area contributed by atoms with Crippen LogP contribution in [0.15, 0.2) is 48.5 Å². The van der Waals surface area contributed by atoms with E-state index in [0.717, 1.165) is 5.39 Å². The molecule has 8 heteroatoms. The summed E-state index contributed by atoms with van der Waals surface area (Å²) >= 11 is 0. The molecule has 0 fully saturated rings. The van der Waals surface area contributed by atoms with Gasteiger partial charge in [0.05, 0.1) is 16.7 Å². The van der Waals surface area contributed by atoms with E-state index >= 15 is 0 Å². The molecule has 5 rings (SSSR count). The summed E-state index contributed by atoms with van der Waals surface area (Å²) < 4.78 is 0. The summed E-state index contributed by atoms with van der Waals surface area (Å²) in [5.74, 6) is -3.48. The maximum Gasteiger partial charge on any atom is 0.336 e. The molecule has 8 nitrogen and oxygen atoms in total. The standard InChI is InChI=1S/C26H18N2O6/c1-27-23(29)16-9-7-14-13-6-8-15(25(31)32)11-4-3-5-12(19(11)13)17-10-18(26(33)34)22(24(30)28-2)21(16)20(14)17/h3-10H,1-2H3,(H,27,29)(H,28,30)(H,31,32)(H,33,34). The van der Waals surface area contributed by atoms with Crippen molar-refractivity contribution in [3.63, 3.8) is 0 Å². The van der Waals surface area contributed by atoms with Gasteiger partial charge in [-0.15, -0.1) is 0 Å². The van der Waals surface area contributed by atoms with Gasteiger partial charge < -0.3 is 20.8 Å². The van der Waals surface area contributed by atoms with Crippen LogP contribution in [-0.4, -0.2) is 48.1 Å². The van der Waals surface area contributed by atoms with Crippen molar-refractivity contribution >= 4 is 66.8 Å². The van der Waals surface area contributed by atoms with Crippen molar-refractivity contribution in [2.75, 3.05) is 14.1 Å². The number of benzene rings is 5. The summed E-state index contributed by atoms with van der Waals surface area (Å²) in [7, 11) is 2.85. The largest absolute Gasteiger partial charge is 0.478 e. The molecule has 4 N–H and O–H groups in total. The first-order valence-electron chi connectivity index (χ1n) is 10.4. The molecule has 5 aromatic rings. The van der Waals surface area contributed by atoms with Crippen molar-refractivity contribution < 1.29 is 29.4 Å². The SMILES string of the molecule is CNC(=O)c1ccc2c3ccc(C(=O)O)c4cccc(c5cc(C(=O)O)c(C(=O)NC)c1c25)c43. The Morgan fingerprint density at radius 2 is 1.15 bits per heavy atom. The Kier molecular flexibility index (Phi) is 4.61. The first-order chi connectivity index (χ1) is 16.3. The second-order valence-electron chi connectivity index (χ2n) is 7.91. The first kappa shape index (κ1) is 21.1. The Morgan fingerprint density at radius 1 is 0.588 bits per heavy atom. The highest BCUT2D eigenvalue weighted by Gasteiger charge is 2.27. The van der Waals surface area contributed by atoms with Crippen molar-refractivity contribution in [2.24, 2.45) is 0 Å².